The van der Waals surface area contributed by atoms with Crippen LogP contribution >= 0.6 is 0 Å². The predicted molar refractivity (Wildman–Crippen MR) is 88.5 cm³/mol. The van der Waals surface area contributed by atoms with Crippen molar-refractivity contribution < 1.29 is 34.3 Å². The van der Waals surface area contributed by atoms with E-state index in [2.05, 4.69) is 4.74 Å². The third-order valence-corrected chi connectivity index (χ3v) is 5.71. The normalized spacial score (nSPS) is 25.3. The second-order valence-electron chi connectivity index (χ2n) is 7.35. The Morgan fingerprint density at radius 1 is 0.885 bits per heavy atom. The molecule has 0 amide bonds. The lowest BCUT2D eigenvalue weighted by Crippen LogP contribution is -2.38. The van der Waals surface area contributed by atoms with Crippen molar-refractivity contribution in [3.8, 4) is 5.75 Å². The number of Topliss-reactive ketones (excluding diaryl/α,β-unsaturated/α-hetero) is 1. The molecule has 0 aromatic heterocycles. The third kappa shape index (κ3) is 4.18. The first-order chi connectivity index (χ1) is 12.3. The van der Waals surface area contributed by atoms with Crippen LogP contribution < -0.4 is 4.74 Å². The summed E-state index contributed by atoms with van der Waals surface area (Å²) >= 11 is 0. The van der Waals surface area contributed by atoms with Crippen molar-refractivity contribution in [1.29, 1.82) is 0 Å². The molecule has 0 atom stereocenters. The fourth-order valence-corrected chi connectivity index (χ4v) is 4.19. The Labute approximate surface area is 151 Å². The maximum Gasteiger partial charge on any atom is 0.400 e. The molecule has 7 heteroatoms. The van der Waals surface area contributed by atoms with Crippen LogP contribution in [-0.2, 0) is 4.79 Å². The molecular formula is C19H25F5O2. The quantitative estimate of drug-likeness (QED) is 0.464. The van der Waals surface area contributed by atoms with Crippen molar-refractivity contribution in [2.75, 3.05) is 0 Å². The molecule has 2 fully saturated rings. The number of halogens is 5. The van der Waals surface area contributed by atoms with Crippen molar-refractivity contribution >= 4 is 5.78 Å². The molecule has 0 radical (unpaired) electrons. The minimum Gasteiger partial charge on any atom is -0.432 e. The maximum absolute atomic E-state index is 14.4. The lowest BCUT2D eigenvalue weighted by atomic mass is 9.70. The molecule has 0 bridgehead atoms. The summed E-state index contributed by atoms with van der Waals surface area (Å²) in [6, 6.07) is 0.855. The molecule has 0 saturated heterocycles. The first-order valence-corrected chi connectivity index (χ1v) is 8.99. The van der Waals surface area contributed by atoms with E-state index in [1.165, 1.54) is 0 Å². The maximum atomic E-state index is 14.4. The van der Waals surface area contributed by atoms with E-state index in [0.29, 0.717) is 49.7 Å². The molecule has 0 unspecified atom stereocenters. The fraction of sp³-hybridized carbons (Fsp3) is 0.632. The number of carbonyl (C=O) groups excluding carboxylic acids is 1. The average Bonchev–Trinajstić information content (AvgIpc) is 2.60. The van der Waals surface area contributed by atoms with E-state index < -0.39 is 35.2 Å². The summed E-state index contributed by atoms with van der Waals surface area (Å²) in [5, 5.41) is 0. The number of ketones is 1. The van der Waals surface area contributed by atoms with Gasteiger partial charge in [0.05, 0.1) is 5.92 Å². The lowest BCUT2D eigenvalue weighted by Gasteiger charge is -2.37. The van der Waals surface area contributed by atoms with Crippen LogP contribution in [0.5, 0.6) is 5.75 Å². The second-order valence-corrected chi connectivity index (χ2v) is 7.35. The van der Waals surface area contributed by atoms with Gasteiger partial charge in [0, 0.05) is 27.8 Å². The summed E-state index contributed by atoms with van der Waals surface area (Å²) in [5.74, 6) is -5.61. The fourth-order valence-electron chi connectivity index (χ4n) is 4.19. The second kappa shape index (κ2) is 7.53. The zero-order valence-electron chi connectivity index (χ0n) is 14.2. The van der Waals surface area contributed by atoms with Gasteiger partial charge in [0.15, 0.2) is 17.5 Å². The van der Waals surface area contributed by atoms with Crippen molar-refractivity contribution in [3.63, 3.8) is 0 Å². The highest BCUT2D eigenvalue weighted by atomic mass is 19.3. The summed E-state index contributed by atoms with van der Waals surface area (Å²) in [5.41, 5.74) is 0. The van der Waals surface area contributed by atoms with Gasteiger partial charge in [-0.3, -0.25) is 4.79 Å². The summed E-state index contributed by atoms with van der Waals surface area (Å²) in [6.45, 7) is 0. The van der Waals surface area contributed by atoms with Crippen LogP contribution in [-0.4, -0.2) is 11.9 Å². The van der Waals surface area contributed by atoms with Gasteiger partial charge in [0.1, 0.15) is 11.5 Å². The zero-order valence-corrected chi connectivity index (χ0v) is 14.2. The van der Waals surface area contributed by atoms with E-state index in [1.54, 1.807) is 0 Å². The van der Waals surface area contributed by atoms with Crippen LogP contribution in [0, 0.1) is 35.2 Å². The average molecular weight is 380 g/mol. The summed E-state index contributed by atoms with van der Waals surface area (Å²) in [4.78, 5) is 11.3. The molecule has 0 N–H and O–H groups in total. The van der Waals surface area contributed by atoms with Crippen LogP contribution in [0.2, 0.25) is 0 Å². The SMILES string of the molecule is O=C1CCC(C2CCC(C(F)(F)Oc3cc(F)c(F)c(F)c3)CC2)CC1.[HH].[HH]. The molecule has 2 aliphatic carbocycles. The minimum absolute atomic E-state index is 0. The molecule has 26 heavy (non-hydrogen) atoms. The highest BCUT2D eigenvalue weighted by Gasteiger charge is 2.45. The number of rotatable bonds is 4. The Hall–Kier alpha value is -1.66. The Kier molecular flexibility index (Phi) is 5.53. The molecule has 1 aromatic rings. The zero-order chi connectivity index (χ0) is 18.9. The summed E-state index contributed by atoms with van der Waals surface area (Å²) in [6.07, 6.45) is 0.956. The van der Waals surface area contributed by atoms with Crippen molar-refractivity contribution in [2.24, 2.45) is 17.8 Å². The van der Waals surface area contributed by atoms with E-state index in [1.807, 2.05) is 0 Å². The van der Waals surface area contributed by atoms with Gasteiger partial charge in [-0.25, -0.2) is 13.2 Å². The van der Waals surface area contributed by atoms with E-state index >= 15 is 0 Å². The Bertz CT molecular complexity index is 645. The van der Waals surface area contributed by atoms with Gasteiger partial charge in [-0.1, -0.05) is 0 Å². The minimum atomic E-state index is -3.58. The largest absolute Gasteiger partial charge is 0.432 e. The monoisotopic (exact) mass is 380 g/mol. The first-order valence-electron chi connectivity index (χ1n) is 8.99. The van der Waals surface area contributed by atoms with Gasteiger partial charge in [-0.05, 0) is 50.4 Å². The number of ether oxygens (including phenoxy) is 1. The number of hydrogen-bond donors (Lipinski definition) is 0. The van der Waals surface area contributed by atoms with Crippen LogP contribution in [0.3, 0.4) is 0 Å². The predicted octanol–water partition coefficient (Wildman–Crippen LogP) is 6.13. The molecule has 0 spiro atoms. The van der Waals surface area contributed by atoms with E-state index in [9.17, 15) is 26.7 Å². The molecule has 2 nitrogen and oxygen atoms in total. The first kappa shape index (κ1) is 19.1. The molecule has 2 aliphatic rings. The molecule has 1 aromatic carbocycles. The van der Waals surface area contributed by atoms with Gasteiger partial charge >= 0.3 is 6.11 Å². The smallest absolute Gasteiger partial charge is 0.400 e. The summed E-state index contributed by atoms with van der Waals surface area (Å²) < 4.78 is 72.6. The third-order valence-electron chi connectivity index (χ3n) is 5.71. The van der Waals surface area contributed by atoms with Gasteiger partial charge < -0.3 is 4.74 Å². The van der Waals surface area contributed by atoms with Crippen molar-refractivity contribution in [2.45, 2.75) is 57.5 Å². The molecule has 148 valence electrons. The number of benzene rings is 1. The van der Waals surface area contributed by atoms with Gasteiger partial charge in [-0.15, -0.1) is 0 Å². The summed E-state index contributed by atoms with van der Waals surface area (Å²) in [7, 11) is 0. The molecule has 0 aliphatic heterocycles. The van der Waals surface area contributed by atoms with Crippen molar-refractivity contribution in [3.05, 3.63) is 29.6 Å². The Morgan fingerprint density at radius 2 is 1.38 bits per heavy atom. The number of hydrogen-bond acceptors (Lipinski definition) is 2. The van der Waals surface area contributed by atoms with Gasteiger partial charge in [0.2, 0.25) is 0 Å². The van der Waals surface area contributed by atoms with Crippen LogP contribution in [0.15, 0.2) is 12.1 Å². The molecule has 3 rings (SSSR count). The van der Waals surface area contributed by atoms with Crippen molar-refractivity contribution in [1.82, 2.24) is 0 Å². The standard InChI is InChI=1S/C19H21F5O2.2H2/c20-16-9-15(10-17(21)18(16)22)26-19(23,24)13-5-1-11(2-6-13)12-3-7-14(25)8-4-12;;/h9-13H,1-8H2;2*1H. The number of alkyl halides is 2. The highest BCUT2D eigenvalue weighted by Crippen LogP contribution is 2.44. The van der Waals surface area contributed by atoms with Crippen LogP contribution in [0.4, 0.5) is 22.0 Å². The molecule has 0 heterocycles. The molecule has 2 saturated carbocycles. The Balaban J connectivity index is 0.00000196. The molecular weight excluding hydrogens is 355 g/mol. The highest BCUT2D eigenvalue weighted by molar-refractivity contribution is 5.79. The number of carbonyl (C=O) groups is 1. The van der Waals surface area contributed by atoms with E-state index in [-0.39, 0.29) is 21.5 Å². The van der Waals surface area contributed by atoms with Crippen LogP contribution in [0.25, 0.3) is 0 Å². The van der Waals surface area contributed by atoms with E-state index in [4.69, 9.17) is 0 Å². The topological polar surface area (TPSA) is 26.3 Å². The van der Waals surface area contributed by atoms with Gasteiger partial charge in [0.25, 0.3) is 0 Å². The Morgan fingerprint density at radius 3 is 1.92 bits per heavy atom. The van der Waals surface area contributed by atoms with Gasteiger partial charge in [-0.2, -0.15) is 8.78 Å². The van der Waals surface area contributed by atoms with E-state index in [0.717, 1.165) is 12.8 Å². The lowest BCUT2D eigenvalue weighted by molar-refractivity contribution is -0.224. The van der Waals surface area contributed by atoms with Crippen LogP contribution in [0.1, 0.15) is 54.2 Å².